The molecule has 0 bridgehead atoms. The van der Waals surface area contributed by atoms with Crippen molar-refractivity contribution in [1.82, 2.24) is 0 Å². The molecular weight excluding hydrogens is 404 g/mol. The van der Waals surface area contributed by atoms with Crippen molar-refractivity contribution in [2.45, 2.75) is 33.6 Å². The Kier molecular flexibility index (Phi) is 6.98. The fourth-order valence-corrected chi connectivity index (χ4v) is 3.67. The van der Waals surface area contributed by atoms with Gasteiger partial charge in [-0.3, -0.25) is 4.79 Å². The second-order valence-electron chi connectivity index (χ2n) is 7.97. The van der Waals surface area contributed by atoms with Crippen molar-refractivity contribution in [2.75, 3.05) is 14.2 Å². The zero-order chi connectivity index (χ0) is 23.4. The molecule has 3 aromatic rings. The lowest BCUT2D eigenvalue weighted by Gasteiger charge is -2.19. The van der Waals surface area contributed by atoms with Crippen molar-refractivity contribution in [2.24, 2.45) is 0 Å². The molecule has 0 saturated heterocycles. The largest absolute Gasteiger partial charge is 0.496 e. The third-order valence-corrected chi connectivity index (χ3v) is 5.33. The molecule has 0 heterocycles. The number of hydrogen-bond acceptors (Lipinski definition) is 5. The molecule has 0 spiro atoms. The Morgan fingerprint density at radius 3 is 1.97 bits per heavy atom. The summed E-state index contributed by atoms with van der Waals surface area (Å²) in [5, 5.41) is 0. The van der Waals surface area contributed by atoms with Crippen LogP contribution in [0, 0.1) is 13.8 Å². The number of benzene rings is 3. The van der Waals surface area contributed by atoms with Crippen LogP contribution in [0.4, 0.5) is 0 Å². The van der Waals surface area contributed by atoms with Gasteiger partial charge in [0.1, 0.15) is 17.2 Å². The summed E-state index contributed by atoms with van der Waals surface area (Å²) in [6, 6.07) is 16.1. The number of methoxy groups -OCH3 is 2. The fourth-order valence-electron chi connectivity index (χ4n) is 3.67. The van der Waals surface area contributed by atoms with E-state index in [1.165, 1.54) is 7.11 Å². The molecule has 0 fully saturated rings. The summed E-state index contributed by atoms with van der Waals surface area (Å²) in [6.07, 6.45) is 0. The molecule has 0 aromatic heterocycles. The van der Waals surface area contributed by atoms with Gasteiger partial charge in [0.2, 0.25) is 0 Å². The maximum absolute atomic E-state index is 13.4. The SMILES string of the molecule is COC(=O)c1cc(C)c(Oc2cc(C(C)C)c(OC)cc2C(=O)c2ccccc2)c(C)c1. The van der Waals surface area contributed by atoms with E-state index in [1.807, 2.05) is 38.1 Å². The number of ether oxygens (including phenoxy) is 3. The summed E-state index contributed by atoms with van der Waals surface area (Å²) in [5.74, 6) is 1.28. The molecule has 3 rings (SSSR count). The van der Waals surface area contributed by atoms with E-state index >= 15 is 0 Å². The third kappa shape index (κ3) is 4.67. The van der Waals surface area contributed by atoms with Gasteiger partial charge in [-0.15, -0.1) is 0 Å². The highest BCUT2D eigenvalue weighted by Gasteiger charge is 2.22. The number of ketones is 1. The van der Waals surface area contributed by atoms with Crippen LogP contribution in [0.25, 0.3) is 0 Å². The monoisotopic (exact) mass is 432 g/mol. The number of aryl methyl sites for hydroxylation is 2. The lowest BCUT2D eigenvalue weighted by molar-refractivity contribution is 0.0600. The van der Waals surface area contributed by atoms with Crippen LogP contribution in [0.3, 0.4) is 0 Å². The first-order valence-corrected chi connectivity index (χ1v) is 10.5. The van der Waals surface area contributed by atoms with Gasteiger partial charge in [0, 0.05) is 11.1 Å². The van der Waals surface area contributed by atoms with E-state index in [1.54, 1.807) is 37.4 Å². The summed E-state index contributed by atoms with van der Waals surface area (Å²) >= 11 is 0. The van der Waals surface area contributed by atoms with E-state index in [9.17, 15) is 9.59 Å². The normalized spacial score (nSPS) is 10.7. The Morgan fingerprint density at radius 2 is 1.44 bits per heavy atom. The summed E-state index contributed by atoms with van der Waals surface area (Å²) in [6.45, 7) is 7.84. The second kappa shape index (κ2) is 9.69. The van der Waals surface area contributed by atoms with Crippen LogP contribution in [0.1, 0.15) is 62.7 Å². The summed E-state index contributed by atoms with van der Waals surface area (Å²) in [7, 11) is 2.95. The van der Waals surface area contributed by atoms with Gasteiger partial charge >= 0.3 is 5.97 Å². The maximum atomic E-state index is 13.4. The predicted molar refractivity (Wildman–Crippen MR) is 124 cm³/mol. The van der Waals surface area contributed by atoms with Crippen molar-refractivity contribution in [3.05, 3.63) is 88.0 Å². The first-order valence-electron chi connectivity index (χ1n) is 10.5. The number of carbonyl (C=O) groups excluding carboxylic acids is 2. The zero-order valence-corrected chi connectivity index (χ0v) is 19.3. The second-order valence-corrected chi connectivity index (χ2v) is 7.97. The molecule has 0 aliphatic carbocycles. The minimum absolute atomic E-state index is 0.157. The van der Waals surface area contributed by atoms with Crippen molar-refractivity contribution in [1.29, 1.82) is 0 Å². The first-order chi connectivity index (χ1) is 15.3. The molecule has 0 saturated carbocycles. The van der Waals surface area contributed by atoms with Crippen LogP contribution in [0.2, 0.25) is 0 Å². The standard InChI is InChI=1S/C27H28O5/c1-16(2)21-14-24(32-26-17(3)12-20(13-18(26)4)27(29)31-6)22(15-23(21)30-5)25(28)19-10-8-7-9-11-19/h7-16H,1-6H3. The van der Waals surface area contributed by atoms with Gasteiger partial charge in [0.25, 0.3) is 0 Å². The molecule has 0 N–H and O–H groups in total. The minimum Gasteiger partial charge on any atom is -0.496 e. The Bertz CT molecular complexity index is 1120. The van der Waals surface area contributed by atoms with Crippen LogP contribution in [0.15, 0.2) is 54.6 Å². The molecule has 0 radical (unpaired) electrons. The third-order valence-electron chi connectivity index (χ3n) is 5.33. The summed E-state index contributed by atoms with van der Waals surface area (Å²) in [4.78, 5) is 25.3. The Labute approximate surface area is 188 Å². The van der Waals surface area contributed by atoms with Crippen LogP contribution >= 0.6 is 0 Å². The van der Waals surface area contributed by atoms with E-state index in [4.69, 9.17) is 14.2 Å². The lowest BCUT2D eigenvalue weighted by Crippen LogP contribution is -2.08. The highest BCUT2D eigenvalue weighted by atomic mass is 16.5. The summed E-state index contributed by atoms with van der Waals surface area (Å²) in [5.41, 5.74) is 3.90. The van der Waals surface area contributed by atoms with Crippen molar-refractivity contribution in [3.63, 3.8) is 0 Å². The van der Waals surface area contributed by atoms with E-state index in [0.717, 1.165) is 16.7 Å². The number of hydrogen-bond donors (Lipinski definition) is 0. The van der Waals surface area contributed by atoms with Crippen molar-refractivity contribution in [3.8, 4) is 17.2 Å². The Balaban J connectivity index is 2.15. The van der Waals surface area contributed by atoms with Gasteiger partial charge in [-0.05, 0) is 55.2 Å². The van der Waals surface area contributed by atoms with Crippen molar-refractivity contribution >= 4 is 11.8 Å². The highest BCUT2D eigenvalue weighted by Crippen LogP contribution is 2.38. The molecule has 0 amide bonds. The average Bonchev–Trinajstić information content (AvgIpc) is 2.80. The molecule has 0 aliphatic rings. The molecule has 3 aromatic carbocycles. The van der Waals surface area contributed by atoms with Gasteiger partial charge < -0.3 is 14.2 Å². The summed E-state index contributed by atoms with van der Waals surface area (Å²) < 4.78 is 16.8. The molecule has 5 heteroatoms. The van der Waals surface area contributed by atoms with Crippen LogP contribution < -0.4 is 9.47 Å². The predicted octanol–water partition coefficient (Wildman–Crippen LogP) is 6.25. The topological polar surface area (TPSA) is 61.8 Å². The fraction of sp³-hybridized carbons (Fsp3) is 0.259. The van der Waals surface area contributed by atoms with E-state index in [-0.39, 0.29) is 11.7 Å². The molecule has 166 valence electrons. The van der Waals surface area contributed by atoms with Gasteiger partial charge in [0.15, 0.2) is 5.78 Å². The number of rotatable bonds is 7. The van der Waals surface area contributed by atoms with Gasteiger partial charge in [-0.25, -0.2) is 4.79 Å². The maximum Gasteiger partial charge on any atom is 0.337 e. The number of carbonyl (C=O) groups is 2. The molecule has 32 heavy (non-hydrogen) atoms. The minimum atomic E-state index is -0.408. The van der Waals surface area contributed by atoms with Crippen LogP contribution in [-0.4, -0.2) is 26.0 Å². The first kappa shape index (κ1) is 23.1. The Morgan fingerprint density at radius 1 is 0.812 bits per heavy atom. The van der Waals surface area contributed by atoms with Gasteiger partial charge in [0.05, 0.1) is 25.3 Å². The lowest BCUT2D eigenvalue weighted by atomic mass is 9.95. The van der Waals surface area contributed by atoms with Crippen molar-refractivity contribution < 1.29 is 23.8 Å². The smallest absolute Gasteiger partial charge is 0.337 e. The van der Waals surface area contributed by atoms with Crippen LogP contribution in [0.5, 0.6) is 17.2 Å². The van der Waals surface area contributed by atoms with Gasteiger partial charge in [-0.2, -0.15) is 0 Å². The van der Waals surface area contributed by atoms with Gasteiger partial charge in [-0.1, -0.05) is 44.2 Å². The molecule has 5 nitrogen and oxygen atoms in total. The quantitative estimate of drug-likeness (QED) is 0.326. The zero-order valence-electron chi connectivity index (χ0n) is 19.3. The molecular formula is C27H28O5. The molecule has 0 aliphatic heterocycles. The highest BCUT2D eigenvalue weighted by molar-refractivity contribution is 6.11. The number of esters is 1. The van der Waals surface area contributed by atoms with E-state index < -0.39 is 5.97 Å². The van der Waals surface area contributed by atoms with E-state index in [2.05, 4.69) is 13.8 Å². The molecule has 0 atom stereocenters. The van der Waals surface area contributed by atoms with E-state index in [0.29, 0.717) is 33.9 Å². The average molecular weight is 433 g/mol. The van der Waals surface area contributed by atoms with Crippen LogP contribution in [-0.2, 0) is 4.74 Å². The molecule has 0 unspecified atom stereocenters. The Hall–Kier alpha value is -3.60.